The number of rotatable bonds is 10. The Kier molecular flexibility index (Phi) is 9.73. The Morgan fingerprint density at radius 1 is 0.962 bits per heavy atom. The minimum absolute atomic E-state index is 0.0279. The zero-order valence-corrected chi connectivity index (χ0v) is 19.0. The van der Waals surface area contributed by atoms with Crippen LogP contribution in [0.4, 0.5) is 0 Å². The van der Waals surface area contributed by atoms with Gasteiger partial charge >= 0.3 is 0 Å². The first-order valence-corrected chi connectivity index (χ1v) is 11.6. The third kappa shape index (κ3) is 7.42. The molecule has 1 nitrogen and oxygen atoms in total. The van der Waals surface area contributed by atoms with Gasteiger partial charge in [0.2, 0.25) is 0 Å². The van der Waals surface area contributed by atoms with Gasteiger partial charge in [0.25, 0.3) is 0 Å². The molecule has 2 rings (SSSR count). The summed E-state index contributed by atoms with van der Waals surface area (Å²) in [7, 11) is 0. The van der Waals surface area contributed by atoms with E-state index in [0.29, 0.717) is 0 Å². The van der Waals surface area contributed by atoms with Gasteiger partial charge in [-0.2, -0.15) is 0 Å². The van der Waals surface area contributed by atoms with Crippen LogP contribution in [-0.4, -0.2) is 11.5 Å². The van der Waals surface area contributed by atoms with Crippen LogP contribution in [0.2, 0.25) is 0 Å². The number of benzene rings is 2. The summed E-state index contributed by atoms with van der Waals surface area (Å²) >= 11 is 8.80. The lowest BCUT2D eigenvalue weighted by molar-refractivity contribution is 0.104. The molecular weight excluding hydrogens is 472 g/mol. The van der Waals surface area contributed by atoms with E-state index in [0.717, 1.165) is 25.8 Å². The molecule has 0 unspecified atom stereocenters. The summed E-state index contributed by atoms with van der Waals surface area (Å²) in [4.78, 5) is 13.6. The summed E-state index contributed by atoms with van der Waals surface area (Å²) in [6, 6.07) is 13.9. The molecule has 4 heteroatoms. The minimum atomic E-state index is 0.0279. The molecular formula is C22H24Br2OS. The number of hydrogen-bond donors (Lipinski definition) is 0. The summed E-state index contributed by atoms with van der Waals surface area (Å²) in [5.74, 6) is 1.18. The fraction of sp³-hybridized carbons (Fsp3) is 0.318. The van der Waals surface area contributed by atoms with Gasteiger partial charge in [-0.1, -0.05) is 44.7 Å². The highest BCUT2D eigenvalue weighted by Gasteiger charge is 2.03. The third-order valence-electron chi connectivity index (χ3n) is 4.03. The van der Waals surface area contributed by atoms with Gasteiger partial charge in [-0.05, 0) is 92.1 Å². The van der Waals surface area contributed by atoms with Crippen LogP contribution in [0.25, 0.3) is 6.08 Å². The molecule has 0 saturated carbocycles. The van der Waals surface area contributed by atoms with Crippen LogP contribution in [0.3, 0.4) is 0 Å². The van der Waals surface area contributed by atoms with E-state index in [1.807, 2.05) is 60.3 Å². The number of unbranched alkanes of at least 4 members (excludes halogenated alkanes) is 4. The van der Waals surface area contributed by atoms with Gasteiger partial charge in [-0.15, -0.1) is 11.8 Å². The molecule has 0 spiro atoms. The van der Waals surface area contributed by atoms with Crippen LogP contribution >= 0.6 is 43.6 Å². The Morgan fingerprint density at radius 2 is 1.69 bits per heavy atom. The first-order chi connectivity index (χ1) is 12.6. The lowest BCUT2D eigenvalue weighted by Crippen LogP contribution is -1.93. The first kappa shape index (κ1) is 21.5. The monoisotopic (exact) mass is 494 g/mol. The molecule has 0 aliphatic rings. The second kappa shape index (κ2) is 11.8. The molecule has 138 valence electrons. The van der Waals surface area contributed by atoms with E-state index in [-0.39, 0.29) is 5.78 Å². The molecule has 0 amide bonds. The fourth-order valence-corrected chi connectivity index (χ4v) is 4.05. The Hall–Kier alpha value is -0.840. The second-order valence-electron chi connectivity index (χ2n) is 6.16. The van der Waals surface area contributed by atoms with E-state index in [1.165, 1.54) is 37.0 Å². The first-order valence-electron chi connectivity index (χ1n) is 9.00. The van der Waals surface area contributed by atoms with Crippen LogP contribution in [-0.2, 0) is 0 Å². The highest BCUT2D eigenvalue weighted by molar-refractivity contribution is 9.13. The average Bonchev–Trinajstić information content (AvgIpc) is 2.66. The molecule has 0 radical (unpaired) electrons. The largest absolute Gasteiger partial charge is 0.289 e. The molecule has 0 bridgehead atoms. The normalized spacial score (nSPS) is 11.2. The molecule has 0 saturated heterocycles. The molecule has 2 aromatic carbocycles. The molecule has 0 heterocycles. The zero-order chi connectivity index (χ0) is 18.8. The third-order valence-corrected chi connectivity index (χ3v) is 7.00. The number of carbonyl (C=O) groups is 1. The molecule has 0 N–H and O–H groups in total. The van der Waals surface area contributed by atoms with Gasteiger partial charge in [0.1, 0.15) is 0 Å². The number of allylic oxidation sites excluding steroid dienone is 1. The van der Waals surface area contributed by atoms with Gasteiger partial charge in [-0.3, -0.25) is 4.79 Å². The van der Waals surface area contributed by atoms with E-state index < -0.39 is 0 Å². The minimum Gasteiger partial charge on any atom is -0.289 e. The zero-order valence-electron chi connectivity index (χ0n) is 15.0. The van der Waals surface area contributed by atoms with E-state index in [9.17, 15) is 4.79 Å². The fourth-order valence-electron chi connectivity index (χ4n) is 2.50. The van der Waals surface area contributed by atoms with E-state index in [4.69, 9.17) is 0 Å². The van der Waals surface area contributed by atoms with Crippen LogP contribution in [0.5, 0.6) is 0 Å². The predicted octanol–water partition coefficient (Wildman–Crippen LogP) is 8.17. The SMILES string of the molecule is CCCCCCCSc1ccc(C(=O)/C=C/c2ccc(Br)c(Br)c2)cc1. The molecule has 0 aliphatic carbocycles. The van der Waals surface area contributed by atoms with Crippen molar-refractivity contribution in [2.24, 2.45) is 0 Å². The van der Waals surface area contributed by atoms with Crippen molar-refractivity contribution in [1.29, 1.82) is 0 Å². The molecule has 26 heavy (non-hydrogen) atoms. The molecule has 2 aromatic rings. The number of halogens is 2. The highest BCUT2D eigenvalue weighted by atomic mass is 79.9. The van der Waals surface area contributed by atoms with Gasteiger partial charge in [-0.25, -0.2) is 0 Å². The molecule has 0 aromatic heterocycles. The van der Waals surface area contributed by atoms with Gasteiger partial charge in [0.15, 0.2) is 5.78 Å². The van der Waals surface area contributed by atoms with Gasteiger partial charge in [0.05, 0.1) is 0 Å². The smallest absolute Gasteiger partial charge is 0.185 e. The maximum Gasteiger partial charge on any atom is 0.185 e. The maximum atomic E-state index is 12.3. The standard InChI is InChI=1S/C22H24Br2OS/c1-2-3-4-5-6-15-26-19-11-9-18(10-12-19)22(25)14-8-17-7-13-20(23)21(24)16-17/h7-14,16H,2-6,15H2,1H3/b14-8+. The van der Waals surface area contributed by atoms with Crippen LogP contribution in [0.15, 0.2) is 62.4 Å². The summed E-state index contributed by atoms with van der Waals surface area (Å²) in [5.41, 5.74) is 1.72. The summed E-state index contributed by atoms with van der Waals surface area (Å²) in [6.07, 6.45) is 10.0. The van der Waals surface area contributed by atoms with Crippen molar-refractivity contribution in [2.45, 2.75) is 43.9 Å². The lowest BCUT2D eigenvalue weighted by Gasteiger charge is -2.03. The van der Waals surface area contributed by atoms with Crippen molar-refractivity contribution >= 4 is 55.5 Å². The van der Waals surface area contributed by atoms with E-state index in [2.05, 4.69) is 38.8 Å². The van der Waals surface area contributed by atoms with Crippen LogP contribution in [0, 0.1) is 0 Å². The Balaban J connectivity index is 1.84. The van der Waals surface area contributed by atoms with Gasteiger partial charge < -0.3 is 0 Å². The van der Waals surface area contributed by atoms with E-state index >= 15 is 0 Å². The Morgan fingerprint density at radius 3 is 2.38 bits per heavy atom. The second-order valence-corrected chi connectivity index (χ2v) is 9.04. The Bertz CT molecular complexity index is 738. The quantitative estimate of drug-likeness (QED) is 0.143. The van der Waals surface area contributed by atoms with E-state index in [1.54, 1.807) is 6.08 Å². The summed E-state index contributed by atoms with van der Waals surface area (Å²) < 4.78 is 1.97. The Labute approximate surface area is 177 Å². The van der Waals surface area contributed by atoms with Crippen molar-refractivity contribution in [3.05, 3.63) is 68.6 Å². The number of thioether (sulfide) groups is 1. The highest BCUT2D eigenvalue weighted by Crippen LogP contribution is 2.24. The van der Waals surface area contributed by atoms with Crippen LogP contribution < -0.4 is 0 Å². The van der Waals surface area contributed by atoms with Crippen molar-refractivity contribution in [3.63, 3.8) is 0 Å². The van der Waals surface area contributed by atoms with Crippen molar-refractivity contribution < 1.29 is 4.79 Å². The van der Waals surface area contributed by atoms with Crippen molar-refractivity contribution in [3.8, 4) is 0 Å². The summed E-state index contributed by atoms with van der Waals surface area (Å²) in [5, 5.41) is 0. The molecule has 0 aliphatic heterocycles. The van der Waals surface area contributed by atoms with Crippen LogP contribution in [0.1, 0.15) is 54.9 Å². The van der Waals surface area contributed by atoms with Crippen molar-refractivity contribution in [1.82, 2.24) is 0 Å². The average molecular weight is 496 g/mol. The number of hydrogen-bond acceptors (Lipinski definition) is 2. The topological polar surface area (TPSA) is 17.1 Å². The van der Waals surface area contributed by atoms with Gasteiger partial charge in [0, 0.05) is 19.4 Å². The van der Waals surface area contributed by atoms with Crippen molar-refractivity contribution in [2.75, 3.05) is 5.75 Å². The lowest BCUT2D eigenvalue weighted by atomic mass is 10.1. The molecule has 0 atom stereocenters. The number of carbonyl (C=O) groups excluding carboxylic acids is 1. The number of ketones is 1. The summed E-state index contributed by atoms with van der Waals surface area (Å²) in [6.45, 7) is 2.24. The predicted molar refractivity (Wildman–Crippen MR) is 121 cm³/mol. The molecule has 0 fully saturated rings. The maximum absolute atomic E-state index is 12.3.